The van der Waals surface area contributed by atoms with E-state index in [-0.39, 0.29) is 40.2 Å². The van der Waals surface area contributed by atoms with Crippen molar-refractivity contribution < 1.29 is 40.2 Å². The van der Waals surface area contributed by atoms with Crippen LogP contribution in [0.5, 0.6) is 0 Å². The van der Waals surface area contributed by atoms with Crippen molar-refractivity contribution in [3.05, 3.63) is 291 Å². The molecule has 2 radical (unpaired) electrons. The Bertz CT molecular complexity index is 3310. The van der Waals surface area contributed by atoms with Gasteiger partial charge in [-0.1, -0.05) is 109 Å². The van der Waals surface area contributed by atoms with Crippen molar-refractivity contribution >= 4 is 0 Å². The summed E-state index contributed by atoms with van der Waals surface area (Å²) in [4.78, 5) is 0. The van der Waals surface area contributed by atoms with Crippen molar-refractivity contribution in [3.63, 3.8) is 0 Å². The van der Waals surface area contributed by atoms with Gasteiger partial charge in [-0.05, 0) is 82.1 Å². The SMILES string of the molecule is Cc1nn(-c2[c-]cccc2)c(C)c1-c1ccc(-c2ccccc2)cc1.[Ir].[Ir].[c-]1ccccc1-n1cc(-c2ccc(-c3ccccc3)cc2)cn1.[c-]1ccccc1-n1cccn1.[c-]1ccccc1-n1cccn1. The molecule has 0 spiro atoms. The van der Waals surface area contributed by atoms with Crippen LogP contribution in [0.1, 0.15) is 11.4 Å². The third kappa shape index (κ3) is 13.4. The molecule has 0 aliphatic carbocycles. The summed E-state index contributed by atoms with van der Waals surface area (Å²) in [5.74, 6) is 0. The Labute approximate surface area is 448 Å². The molecule has 12 aromatic rings. The van der Waals surface area contributed by atoms with Gasteiger partial charge in [0.2, 0.25) is 0 Å². The molecule has 0 aliphatic rings. The predicted octanol–water partition coefficient (Wildman–Crippen LogP) is 14.0. The van der Waals surface area contributed by atoms with Crippen LogP contribution in [-0.2, 0) is 40.2 Å². The van der Waals surface area contributed by atoms with Crippen LogP contribution in [0.2, 0.25) is 0 Å². The maximum Gasteiger partial charge on any atom is 0.0678 e. The Kier molecular flexibility index (Phi) is 18.8. The molecule has 0 saturated carbocycles. The first kappa shape index (κ1) is 51.7. The fourth-order valence-electron chi connectivity index (χ4n) is 7.76. The second kappa shape index (κ2) is 26.2. The number of hydrogen-bond acceptors (Lipinski definition) is 4. The van der Waals surface area contributed by atoms with Gasteiger partial charge >= 0.3 is 0 Å². The number of aryl methyl sites for hydroxylation is 1. The fraction of sp³-hybridized carbons (Fsp3) is 0.0323. The molecule has 4 heterocycles. The maximum atomic E-state index is 4.72. The molecule has 12 rings (SSSR count). The van der Waals surface area contributed by atoms with Crippen LogP contribution in [-0.4, -0.2) is 39.1 Å². The summed E-state index contributed by atoms with van der Waals surface area (Å²) < 4.78 is 7.37. The summed E-state index contributed by atoms with van der Waals surface area (Å²) in [5.41, 5.74) is 15.6. The van der Waals surface area contributed by atoms with Crippen LogP contribution < -0.4 is 0 Å². The number of aromatic nitrogens is 8. The molecule has 0 saturated heterocycles. The van der Waals surface area contributed by atoms with E-state index >= 15 is 0 Å². The summed E-state index contributed by atoms with van der Waals surface area (Å²) in [6.07, 6.45) is 11.2. The van der Waals surface area contributed by atoms with E-state index in [4.69, 9.17) is 5.10 Å². The van der Waals surface area contributed by atoms with Crippen molar-refractivity contribution in [3.8, 4) is 67.3 Å². The number of benzene rings is 8. The van der Waals surface area contributed by atoms with E-state index in [2.05, 4.69) is 150 Å². The second-order valence-electron chi connectivity index (χ2n) is 15.9. The number of rotatable bonds is 8. The standard InChI is InChI=1S/C23H19N2.C21H15N2.2C9H7N2.2Ir/c1-17-23(18(2)25(24-17)22-11-7-4-8-12-22)21-15-13-20(14-16-21)19-9-5-3-6-10-19;1-3-7-17(8-4-1)18-11-13-19(14-12-18)20-15-22-23(16-20)21-9-5-2-6-10-21;2*1-2-5-9(6-3-1)11-8-4-7-10-11;;/h3-11,13-16H,1-2H3;1-9,11-16H;2*1-5,7-8H;;/q4*-1;;. The average molecular weight is 1290 g/mol. The number of hydrogen-bond donors (Lipinski definition) is 0. The van der Waals surface area contributed by atoms with E-state index in [1.54, 1.807) is 21.8 Å². The van der Waals surface area contributed by atoms with Gasteiger partial charge in [0.25, 0.3) is 0 Å². The zero-order chi connectivity index (χ0) is 47.7. The average Bonchev–Trinajstić information content (AvgIpc) is 4.31. The molecule has 0 bridgehead atoms. The van der Waals surface area contributed by atoms with Gasteiger partial charge in [-0.3, -0.25) is 18.7 Å². The third-order valence-corrected chi connectivity index (χ3v) is 11.2. The Balaban J connectivity index is 0.000000148. The van der Waals surface area contributed by atoms with Crippen molar-refractivity contribution in [2.45, 2.75) is 13.8 Å². The third-order valence-electron chi connectivity index (χ3n) is 11.2. The minimum Gasteiger partial charge on any atom is -0.266 e. The Morgan fingerprint density at radius 3 is 1.12 bits per heavy atom. The van der Waals surface area contributed by atoms with Gasteiger partial charge in [0.1, 0.15) is 0 Å². The fourth-order valence-corrected chi connectivity index (χ4v) is 7.76. The van der Waals surface area contributed by atoms with Crippen LogP contribution in [0.15, 0.2) is 256 Å². The van der Waals surface area contributed by atoms with Crippen LogP contribution in [0.3, 0.4) is 0 Å². The molecular formula is C62H48Ir2N8-4. The maximum absolute atomic E-state index is 4.72. The van der Waals surface area contributed by atoms with Gasteiger partial charge in [-0.15, -0.1) is 24.3 Å². The molecule has 0 unspecified atom stereocenters. The van der Waals surface area contributed by atoms with E-state index in [9.17, 15) is 0 Å². The van der Waals surface area contributed by atoms with Gasteiger partial charge in [-0.25, -0.2) is 0 Å². The molecular weight excluding hydrogens is 1240 g/mol. The zero-order valence-electron chi connectivity index (χ0n) is 39.5. The largest absolute Gasteiger partial charge is 0.266 e. The van der Waals surface area contributed by atoms with E-state index in [1.165, 1.54) is 33.4 Å². The Morgan fingerprint density at radius 2 is 0.722 bits per heavy atom. The molecule has 358 valence electrons. The molecule has 0 amide bonds. The topological polar surface area (TPSA) is 71.3 Å². The first-order valence-electron chi connectivity index (χ1n) is 22.9. The predicted molar refractivity (Wildman–Crippen MR) is 281 cm³/mol. The first-order chi connectivity index (χ1) is 34.6. The van der Waals surface area contributed by atoms with Gasteiger partial charge in [0.05, 0.1) is 11.9 Å². The summed E-state index contributed by atoms with van der Waals surface area (Å²) in [6.45, 7) is 4.17. The van der Waals surface area contributed by atoms with Gasteiger partial charge in [0.15, 0.2) is 0 Å². The molecule has 0 N–H and O–H groups in total. The summed E-state index contributed by atoms with van der Waals surface area (Å²) >= 11 is 0. The molecule has 0 atom stereocenters. The minimum atomic E-state index is 0. The zero-order valence-corrected chi connectivity index (χ0v) is 44.3. The first-order valence-corrected chi connectivity index (χ1v) is 22.9. The monoisotopic (exact) mass is 1290 g/mol. The molecule has 0 fully saturated rings. The van der Waals surface area contributed by atoms with E-state index in [1.807, 2.05) is 155 Å². The van der Waals surface area contributed by atoms with Crippen molar-refractivity contribution in [1.29, 1.82) is 0 Å². The normalized spacial score (nSPS) is 10.1. The summed E-state index contributed by atoms with van der Waals surface area (Å²) in [6, 6.07) is 85.7. The quantitative estimate of drug-likeness (QED) is 0.142. The van der Waals surface area contributed by atoms with Crippen molar-refractivity contribution in [1.82, 2.24) is 39.1 Å². The van der Waals surface area contributed by atoms with Crippen molar-refractivity contribution in [2.24, 2.45) is 0 Å². The van der Waals surface area contributed by atoms with E-state index in [0.717, 1.165) is 45.3 Å². The molecule has 0 aliphatic heterocycles. The summed E-state index contributed by atoms with van der Waals surface area (Å²) in [5, 5.41) is 17.3. The molecule has 72 heavy (non-hydrogen) atoms. The van der Waals surface area contributed by atoms with Crippen LogP contribution in [0, 0.1) is 38.1 Å². The van der Waals surface area contributed by atoms with Gasteiger partial charge < -0.3 is 0 Å². The van der Waals surface area contributed by atoms with E-state index in [0.29, 0.717) is 0 Å². The molecule has 8 nitrogen and oxygen atoms in total. The summed E-state index contributed by atoms with van der Waals surface area (Å²) in [7, 11) is 0. The second-order valence-corrected chi connectivity index (χ2v) is 15.9. The van der Waals surface area contributed by atoms with Crippen LogP contribution >= 0.6 is 0 Å². The molecule has 8 aromatic carbocycles. The van der Waals surface area contributed by atoms with Crippen LogP contribution in [0.25, 0.3) is 67.3 Å². The van der Waals surface area contributed by atoms with Gasteiger partial charge in [0, 0.05) is 88.0 Å². The van der Waals surface area contributed by atoms with E-state index < -0.39 is 0 Å². The van der Waals surface area contributed by atoms with Gasteiger partial charge in [-0.2, -0.15) is 117 Å². The molecule has 4 aromatic heterocycles. The van der Waals surface area contributed by atoms with Crippen LogP contribution in [0.4, 0.5) is 0 Å². The number of para-hydroxylation sites is 4. The Morgan fingerprint density at radius 1 is 0.347 bits per heavy atom. The van der Waals surface area contributed by atoms with Crippen molar-refractivity contribution in [2.75, 3.05) is 0 Å². The smallest absolute Gasteiger partial charge is 0.0678 e. The minimum absolute atomic E-state index is 0. The Hall–Kier alpha value is -8.10. The molecule has 10 heteroatoms. The number of nitrogens with zero attached hydrogens (tertiary/aromatic N) is 8.